The maximum absolute atomic E-state index is 11.1. The summed E-state index contributed by atoms with van der Waals surface area (Å²) in [6.45, 7) is 5.47. The third-order valence-electron chi connectivity index (χ3n) is 3.84. The first-order chi connectivity index (χ1) is 7.65. The summed E-state index contributed by atoms with van der Waals surface area (Å²) in [4.78, 5) is 13.5. The molecule has 2 N–H and O–H groups in total. The largest absolute Gasteiger partial charge is 0.354 e. The number of rotatable bonds is 3. The van der Waals surface area contributed by atoms with Crippen molar-refractivity contribution in [1.82, 2.24) is 15.5 Å². The van der Waals surface area contributed by atoms with Gasteiger partial charge in [-0.1, -0.05) is 0 Å². The van der Waals surface area contributed by atoms with Gasteiger partial charge in [-0.3, -0.25) is 4.79 Å². The number of piperidine rings is 1. The molecule has 2 aliphatic rings. The van der Waals surface area contributed by atoms with Crippen LogP contribution in [0.4, 0.5) is 0 Å². The van der Waals surface area contributed by atoms with Crippen LogP contribution >= 0.6 is 0 Å². The molecule has 0 saturated carbocycles. The third kappa shape index (κ3) is 2.95. The average molecular weight is 225 g/mol. The lowest BCUT2D eigenvalue weighted by molar-refractivity contribution is -0.119. The molecule has 2 aliphatic heterocycles. The number of likely N-dealkylation sites (tertiary alicyclic amines) is 1. The zero-order valence-corrected chi connectivity index (χ0v) is 10.3. The van der Waals surface area contributed by atoms with E-state index in [0.717, 1.165) is 12.5 Å². The van der Waals surface area contributed by atoms with Crippen LogP contribution in [0.15, 0.2) is 0 Å². The summed E-state index contributed by atoms with van der Waals surface area (Å²) in [6, 6.07) is 0.857. The highest BCUT2D eigenvalue weighted by Gasteiger charge is 2.27. The quantitative estimate of drug-likeness (QED) is 0.721. The predicted octanol–water partition coefficient (Wildman–Crippen LogP) is 0.195. The summed E-state index contributed by atoms with van der Waals surface area (Å²) in [7, 11) is 2.19. The van der Waals surface area contributed by atoms with Crippen LogP contribution < -0.4 is 10.6 Å². The standard InChI is InChI=1S/C12H23N3O/c1-9(10-4-3-5-15(2)8-10)14-11-6-12(16)13-7-11/h9-11,14H,3-8H2,1-2H3,(H,13,16). The molecule has 3 atom stereocenters. The van der Waals surface area contributed by atoms with E-state index < -0.39 is 0 Å². The molecule has 0 spiro atoms. The Morgan fingerprint density at radius 3 is 3.00 bits per heavy atom. The summed E-state index contributed by atoms with van der Waals surface area (Å²) in [5.74, 6) is 0.917. The number of nitrogens with one attached hydrogen (secondary N) is 2. The molecule has 4 nitrogen and oxygen atoms in total. The first-order valence-electron chi connectivity index (χ1n) is 6.36. The van der Waals surface area contributed by atoms with Gasteiger partial charge in [0.2, 0.25) is 5.91 Å². The Labute approximate surface area is 97.8 Å². The lowest BCUT2D eigenvalue weighted by Crippen LogP contribution is -2.47. The van der Waals surface area contributed by atoms with Crippen LogP contribution in [0.2, 0.25) is 0 Å². The Hall–Kier alpha value is -0.610. The smallest absolute Gasteiger partial charge is 0.221 e. The van der Waals surface area contributed by atoms with Crippen molar-refractivity contribution < 1.29 is 4.79 Å². The number of carbonyl (C=O) groups is 1. The van der Waals surface area contributed by atoms with E-state index in [1.165, 1.54) is 25.9 Å². The van der Waals surface area contributed by atoms with E-state index in [1.807, 2.05) is 0 Å². The molecule has 0 aromatic heterocycles. The van der Waals surface area contributed by atoms with Crippen molar-refractivity contribution in [1.29, 1.82) is 0 Å². The second-order valence-corrected chi connectivity index (χ2v) is 5.33. The van der Waals surface area contributed by atoms with Crippen LogP contribution in [0.5, 0.6) is 0 Å². The van der Waals surface area contributed by atoms with E-state index >= 15 is 0 Å². The summed E-state index contributed by atoms with van der Waals surface area (Å²) in [5, 5.41) is 6.46. The molecule has 2 heterocycles. The Bertz CT molecular complexity index is 257. The third-order valence-corrected chi connectivity index (χ3v) is 3.84. The SMILES string of the molecule is CC(NC1CNC(=O)C1)C1CCCN(C)C1. The van der Waals surface area contributed by atoms with Gasteiger partial charge in [0.25, 0.3) is 0 Å². The van der Waals surface area contributed by atoms with E-state index in [-0.39, 0.29) is 5.91 Å². The van der Waals surface area contributed by atoms with Crippen molar-refractivity contribution in [2.24, 2.45) is 5.92 Å². The molecule has 4 heteroatoms. The van der Waals surface area contributed by atoms with Crippen molar-refractivity contribution in [2.75, 3.05) is 26.7 Å². The fourth-order valence-electron chi connectivity index (χ4n) is 2.85. The lowest BCUT2D eigenvalue weighted by Gasteiger charge is -2.35. The monoisotopic (exact) mass is 225 g/mol. The fraction of sp³-hybridized carbons (Fsp3) is 0.917. The molecule has 2 saturated heterocycles. The minimum Gasteiger partial charge on any atom is -0.354 e. The molecule has 0 aromatic carbocycles. The highest BCUT2D eigenvalue weighted by molar-refractivity contribution is 5.78. The van der Waals surface area contributed by atoms with Crippen LogP contribution in [-0.2, 0) is 4.79 Å². The number of carbonyl (C=O) groups excluding carboxylic acids is 1. The van der Waals surface area contributed by atoms with Gasteiger partial charge in [0.15, 0.2) is 0 Å². The van der Waals surface area contributed by atoms with Gasteiger partial charge in [0.1, 0.15) is 0 Å². The summed E-state index contributed by atoms with van der Waals surface area (Å²) in [6.07, 6.45) is 3.26. The van der Waals surface area contributed by atoms with Gasteiger partial charge in [0.05, 0.1) is 0 Å². The number of hydrogen-bond acceptors (Lipinski definition) is 3. The highest BCUT2D eigenvalue weighted by atomic mass is 16.1. The van der Waals surface area contributed by atoms with E-state index in [0.29, 0.717) is 18.5 Å². The maximum Gasteiger partial charge on any atom is 0.221 e. The van der Waals surface area contributed by atoms with E-state index in [4.69, 9.17) is 0 Å². The predicted molar refractivity (Wildman–Crippen MR) is 64.2 cm³/mol. The Morgan fingerprint density at radius 1 is 1.56 bits per heavy atom. The molecule has 2 rings (SSSR count). The van der Waals surface area contributed by atoms with E-state index in [1.54, 1.807) is 0 Å². The number of nitrogens with zero attached hydrogens (tertiary/aromatic N) is 1. The summed E-state index contributed by atoms with van der Waals surface area (Å²) < 4.78 is 0. The van der Waals surface area contributed by atoms with Crippen LogP contribution in [-0.4, -0.2) is 49.6 Å². The molecule has 3 unspecified atom stereocenters. The van der Waals surface area contributed by atoms with Crippen LogP contribution in [0, 0.1) is 5.92 Å². The molecule has 0 aliphatic carbocycles. The van der Waals surface area contributed by atoms with Gasteiger partial charge in [0, 0.05) is 31.6 Å². The normalized spacial score (nSPS) is 33.8. The van der Waals surface area contributed by atoms with Crippen molar-refractivity contribution in [3.63, 3.8) is 0 Å². The lowest BCUT2D eigenvalue weighted by atomic mass is 9.91. The molecule has 0 bridgehead atoms. The highest BCUT2D eigenvalue weighted by Crippen LogP contribution is 2.19. The molecule has 1 amide bonds. The Balaban J connectivity index is 1.78. The van der Waals surface area contributed by atoms with Crippen molar-refractivity contribution in [3.05, 3.63) is 0 Å². The molecule has 16 heavy (non-hydrogen) atoms. The van der Waals surface area contributed by atoms with Crippen LogP contribution in [0.25, 0.3) is 0 Å². The van der Waals surface area contributed by atoms with Gasteiger partial charge in [-0.05, 0) is 39.3 Å². The Kier molecular flexibility index (Phi) is 3.82. The minimum absolute atomic E-state index is 0.186. The van der Waals surface area contributed by atoms with Gasteiger partial charge >= 0.3 is 0 Å². The molecule has 92 valence electrons. The molecule has 0 aromatic rings. The maximum atomic E-state index is 11.1. The molecular formula is C12H23N3O. The molecular weight excluding hydrogens is 202 g/mol. The first-order valence-corrected chi connectivity index (χ1v) is 6.36. The average Bonchev–Trinajstić information content (AvgIpc) is 2.64. The van der Waals surface area contributed by atoms with Crippen molar-refractivity contribution in [2.45, 2.75) is 38.3 Å². The zero-order chi connectivity index (χ0) is 11.5. The Morgan fingerprint density at radius 2 is 2.38 bits per heavy atom. The topological polar surface area (TPSA) is 44.4 Å². The zero-order valence-electron chi connectivity index (χ0n) is 10.3. The van der Waals surface area contributed by atoms with Crippen LogP contribution in [0.1, 0.15) is 26.2 Å². The number of hydrogen-bond donors (Lipinski definition) is 2. The van der Waals surface area contributed by atoms with Gasteiger partial charge in [-0.2, -0.15) is 0 Å². The fourth-order valence-corrected chi connectivity index (χ4v) is 2.85. The number of amides is 1. The van der Waals surface area contributed by atoms with Crippen molar-refractivity contribution >= 4 is 5.91 Å². The van der Waals surface area contributed by atoms with Gasteiger partial charge in [-0.15, -0.1) is 0 Å². The molecule has 0 radical (unpaired) electrons. The van der Waals surface area contributed by atoms with Gasteiger partial charge in [-0.25, -0.2) is 0 Å². The summed E-state index contributed by atoms with van der Waals surface area (Å²) in [5.41, 5.74) is 0. The second kappa shape index (κ2) is 5.15. The van der Waals surface area contributed by atoms with Crippen molar-refractivity contribution in [3.8, 4) is 0 Å². The molecule has 2 fully saturated rings. The van der Waals surface area contributed by atoms with E-state index in [9.17, 15) is 4.79 Å². The minimum atomic E-state index is 0.186. The van der Waals surface area contributed by atoms with E-state index in [2.05, 4.69) is 29.5 Å². The second-order valence-electron chi connectivity index (χ2n) is 5.33. The summed E-state index contributed by atoms with van der Waals surface area (Å²) >= 11 is 0. The first kappa shape index (κ1) is 11.9. The van der Waals surface area contributed by atoms with Gasteiger partial charge < -0.3 is 15.5 Å². The van der Waals surface area contributed by atoms with Crippen LogP contribution in [0.3, 0.4) is 0 Å².